The summed E-state index contributed by atoms with van der Waals surface area (Å²) < 4.78 is 18.7. The predicted molar refractivity (Wildman–Crippen MR) is 65.7 cm³/mol. The summed E-state index contributed by atoms with van der Waals surface area (Å²) in [5.74, 6) is -0.852. The molecule has 0 atom stereocenters. The van der Waals surface area contributed by atoms with Gasteiger partial charge in [-0.15, -0.1) is 0 Å². The molecule has 0 radical (unpaired) electrons. The van der Waals surface area contributed by atoms with Crippen molar-refractivity contribution in [1.29, 1.82) is 0 Å². The molecule has 0 saturated carbocycles. The molecule has 0 aromatic heterocycles. The number of esters is 1. The van der Waals surface area contributed by atoms with Gasteiger partial charge in [-0.05, 0) is 44.9 Å². The Kier molecular flexibility index (Phi) is 4.15. The third-order valence-corrected chi connectivity index (χ3v) is 2.50. The van der Waals surface area contributed by atoms with Crippen LogP contribution in [0.3, 0.4) is 0 Å². The Labute approximate surface area is 106 Å². The summed E-state index contributed by atoms with van der Waals surface area (Å²) >= 11 is 5.64. The first kappa shape index (κ1) is 14.0. The van der Waals surface area contributed by atoms with Gasteiger partial charge in [-0.3, -0.25) is 4.79 Å². The van der Waals surface area contributed by atoms with Crippen molar-refractivity contribution < 1.29 is 13.9 Å². The van der Waals surface area contributed by atoms with Crippen LogP contribution in [0.4, 0.5) is 4.39 Å². The normalized spacial score (nSPS) is 11.4. The minimum atomic E-state index is -0.532. The maximum absolute atomic E-state index is 13.5. The first-order chi connectivity index (χ1) is 7.70. The minimum Gasteiger partial charge on any atom is -0.460 e. The van der Waals surface area contributed by atoms with Crippen LogP contribution in [0.1, 0.15) is 31.9 Å². The molecule has 0 bridgehead atoms. The van der Waals surface area contributed by atoms with Gasteiger partial charge >= 0.3 is 5.97 Å². The number of hydrogen-bond acceptors (Lipinski definition) is 2. The maximum Gasteiger partial charge on any atom is 0.310 e. The molecule has 0 fully saturated rings. The van der Waals surface area contributed by atoms with E-state index in [2.05, 4.69) is 0 Å². The molecule has 0 aliphatic carbocycles. The van der Waals surface area contributed by atoms with E-state index in [-0.39, 0.29) is 17.4 Å². The van der Waals surface area contributed by atoms with E-state index >= 15 is 0 Å². The highest BCUT2D eigenvalue weighted by molar-refractivity contribution is 6.30. The lowest BCUT2D eigenvalue weighted by atomic mass is 10.1. The summed E-state index contributed by atoms with van der Waals surface area (Å²) in [4.78, 5) is 11.6. The number of benzene rings is 1. The molecule has 2 nitrogen and oxygen atoms in total. The van der Waals surface area contributed by atoms with Crippen LogP contribution >= 0.6 is 11.6 Å². The summed E-state index contributed by atoms with van der Waals surface area (Å²) in [5, 5.41) is 0.0652. The lowest BCUT2D eigenvalue weighted by Crippen LogP contribution is -2.25. The zero-order valence-corrected chi connectivity index (χ0v) is 11.2. The second-order valence-electron chi connectivity index (χ2n) is 4.91. The van der Waals surface area contributed by atoms with Crippen molar-refractivity contribution in [3.63, 3.8) is 0 Å². The fraction of sp³-hybridized carbons (Fsp3) is 0.462. The molecule has 0 saturated heterocycles. The summed E-state index contributed by atoms with van der Waals surface area (Å²) in [6.45, 7) is 6.97. The van der Waals surface area contributed by atoms with Gasteiger partial charge in [0.2, 0.25) is 0 Å². The topological polar surface area (TPSA) is 26.3 Å². The van der Waals surface area contributed by atoms with E-state index in [1.807, 2.05) is 0 Å². The molecule has 1 aromatic carbocycles. The van der Waals surface area contributed by atoms with Crippen LogP contribution in [0.25, 0.3) is 0 Å². The largest absolute Gasteiger partial charge is 0.460 e. The average molecular weight is 259 g/mol. The maximum atomic E-state index is 13.5. The van der Waals surface area contributed by atoms with Crippen LogP contribution in [0.2, 0.25) is 5.02 Å². The zero-order chi connectivity index (χ0) is 13.2. The quantitative estimate of drug-likeness (QED) is 0.757. The average Bonchev–Trinajstić information content (AvgIpc) is 2.16. The molecule has 0 amide bonds. The summed E-state index contributed by atoms with van der Waals surface area (Å²) in [6, 6.07) is 3.09. The second kappa shape index (κ2) is 5.05. The van der Waals surface area contributed by atoms with Crippen molar-refractivity contribution in [2.45, 2.75) is 39.7 Å². The predicted octanol–water partition coefficient (Wildman–Crippen LogP) is 3.67. The van der Waals surface area contributed by atoms with Crippen molar-refractivity contribution >= 4 is 17.6 Å². The van der Waals surface area contributed by atoms with Crippen LogP contribution in [-0.4, -0.2) is 11.6 Å². The number of carbonyl (C=O) groups is 1. The molecule has 1 rings (SSSR count). The minimum absolute atomic E-state index is 0.0528. The van der Waals surface area contributed by atoms with Crippen LogP contribution in [0.5, 0.6) is 0 Å². The van der Waals surface area contributed by atoms with Gasteiger partial charge in [-0.1, -0.05) is 17.7 Å². The molecule has 0 aliphatic heterocycles. The lowest BCUT2D eigenvalue weighted by molar-refractivity contribution is -0.153. The molecule has 0 N–H and O–H groups in total. The summed E-state index contributed by atoms with van der Waals surface area (Å²) in [7, 11) is 0. The molecular formula is C13H16ClFO2. The number of carbonyl (C=O) groups excluding carboxylic acids is 1. The first-order valence-electron chi connectivity index (χ1n) is 5.36. The van der Waals surface area contributed by atoms with Gasteiger partial charge in [0, 0.05) is 0 Å². The van der Waals surface area contributed by atoms with Gasteiger partial charge in [0.1, 0.15) is 11.4 Å². The van der Waals surface area contributed by atoms with Crippen molar-refractivity contribution in [3.05, 3.63) is 34.1 Å². The van der Waals surface area contributed by atoms with Gasteiger partial charge in [0.25, 0.3) is 0 Å². The van der Waals surface area contributed by atoms with Gasteiger partial charge in [-0.2, -0.15) is 0 Å². The van der Waals surface area contributed by atoms with E-state index in [0.29, 0.717) is 11.1 Å². The van der Waals surface area contributed by atoms with E-state index in [1.165, 1.54) is 6.07 Å². The summed E-state index contributed by atoms with van der Waals surface area (Å²) in [6.07, 6.45) is 0.0528. The Bertz CT molecular complexity index is 436. The summed E-state index contributed by atoms with van der Waals surface area (Å²) in [5.41, 5.74) is 0.458. The van der Waals surface area contributed by atoms with E-state index in [9.17, 15) is 9.18 Å². The molecule has 0 heterocycles. The van der Waals surface area contributed by atoms with E-state index in [4.69, 9.17) is 16.3 Å². The highest BCUT2D eigenvalue weighted by Gasteiger charge is 2.18. The lowest BCUT2D eigenvalue weighted by Gasteiger charge is -2.19. The van der Waals surface area contributed by atoms with E-state index in [0.717, 1.165) is 0 Å². The fourth-order valence-electron chi connectivity index (χ4n) is 1.42. The van der Waals surface area contributed by atoms with Crippen LogP contribution in [-0.2, 0) is 16.0 Å². The Balaban J connectivity index is 2.83. The van der Waals surface area contributed by atoms with Crippen molar-refractivity contribution in [2.75, 3.05) is 0 Å². The smallest absolute Gasteiger partial charge is 0.310 e. The Hall–Kier alpha value is -1.09. The molecule has 4 heteroatoms. The molecule has 94 valence electrons. The molecule has 1 aromatic rings. The Morgan fingerprint density at radius 2 is 2.00 bits per heavy atom. The Morgan fingerprint density at radius 3 is 2.53 bits per heavy atom. The highest BCUT2D eigenvalue weighted by Crippen LogP contribution is 2.22. The highest BCUT2D eigenvalue weighted by atomic mass is 35.5. The van der Waals surface area contributed by atoms with Crippen molar-refractivity contribution in [3.8, 4) is 0 Å². The number of ether oxygens (including phenoxy) is 1. The fourth-order valence-corrected chi connectivity index (χ4v) is 1.62. The Morgan fingerprint density at radius 1 is 1.41 bits per heavy atom. The van der Waals surface area contributed by atoms with Gasteiger partial charge < -0.3 is 4.74 Å². The van der Waals surface area contributed by atoms with Crippen LogP contribution in [0, 0.1) is 12.7 Å². The molecule has 0 unspecified atom stereocenters. The monoisotopic (exact) mass is 258 g/mol. The third kappa shape index (κ3) is 4.00. The van der Waals surface area contributed by atoms with Gasteiger partial charge in [0.15, 0.2) is 0 Å². The number of halogens is 2. The van der Waals surface area contributed by atoms with Gasteiger partial charge in [-0.25, -0.2) is 4.39 Å². The van der Waals surface area contributed by atoms with Crippen molar-refractivity contribution in [2.24, 2.45) is 0 Å². The first-order valence-corrected chi connectivity index (χ1v) is 5.74. The second-order valence-corrected chi connectivity index (χ2v) is 5.32. The molecule has 0 spiro atoms. The standard InChI is InChI=1S/C13H16ClFO2/c1-8-9(5-6-10(14)12(8)15)7-11(16)17-13(2,3)4/h5-6H,7H2,1-4H3. The van der Waals surface area contributed by atoms with Crippen LogP contribution in [0.15, 0.2) is 12.1 Å². The molecular weight excluding hydrogens is 243 g/mol. The van der Waals surface area contributed by atoms with E-state index in [1.54, 1.807) is 33.8 Å². The zero-order valence-electron chi connectivity index (χ0n) is 10.4. The molecule has 17 heavy (non-hydrogen) atoms. The number of hydrogen-bond donors (Lipinski definition) is 0. The third-order valence-electron chi connectivity index (χ3n) is 2.21. The SMILES string of the molecule is Cc1c(CC(=O)OC(C)(C)C)ccc(Cl)c1F. The van der Waals surface area contributed by atoms with E-state index < -0.39 is 11.4 Å². The van der Waals surface area contributed by atoms with Crippen molar-refractivity contribution in [1.82, 2.24) is 0 Å². The number of rotatable bonds is 2. The van der Waals surface area contributed by atoms with Gasteiger partial charge in [0.05, 0.1) is 11.4 Å². The molecule has 0 aliphatic rings. The van der Waals surface area contributed by atoms with Crippen LogP contribution < -0.4 is 0 Å².